The number of rotatable bonds is 2. The predicted molar refractivity (Wildman–Crippen MR) is 97.5 cm³/mol. The number of benzene rings is 1. The second-order valence-electron chi connectivity index (χ2n) is 6.42. The number of methoxy groups -OCH3 is 1. The van der Waals surface area contributed by atoms with Crippen LogP contribution in [0.3, 0.4) is 0 Å². The average Bonchev–Trinajstić information content (AvgIpc) is 2.94. The van der Waals surface area contributed by atoms with E-state index in [9.17, 15) is 9.18 Å². The van der Waals surface area contributed by atoms with E-state index in [0.29, 0.717) is 12.3 Å². The highest BCUT2D eigenvalue weighted by Crippen LogP contribution is 2.44. The summed E-state index contributed by atoms with van der Waals surface area (Å²) in [6.45, 7) is 0. The van der Waals surface area contributed by atoms with Gasteiger partial charge in [-0.1, -0.05) is 23.2 Å². The number of hydrogen-bond acceptors (Lipinski definition) is 3. The first-order valence-corrected chi connectivity index (χ1v) is 9.01. The summed E-state index contributed by atoms with van der Waals surface area (Å²) < 4.78 is 19.3. The molecule has 1 aromatic carbocycles. The van der Waals surface area contributed by atoms with Crippen LogP contribution in [-0.4, -0.2) is 29.1 Å². The molecular formula is C18H16Cl2FN3O2. The number of aromatic nitrogens is 1. The lowest BCUT2D eigenvalue weighted by molar-refractivity contribution is 0.178. The number of pyridine rings is 1. The minimum Gasteiger partial charge on any atom is -0.481 e. The van der Waals surface area contributed by atoms with Gasteiger partial charge in [-0.25, -0.2) is 14.2 Å². The standard InChI is InChI=1S/C18H16Cl2FN3O2/c1-26-17-5-3-10-14(22-17)6-9-2-4-16(10)24(9)18(25)23-15-8-12(20)11(19)7-13(15)21/h3,5,7-9,16H,2,4,6H2,1H3,(H,23,25). The van der Waals surface area contributed by atoms with Gasteiger partial charge in [0.2, 0.25) is 5.88 Å². The van der Waals surface area contributed by atoms with Crippen LogP contribution in [0.4, 0.5) is 14.9 Å². The summed E-state index contributed by atoms with van der Waals surface area (Å²) >= 11 is 11.7. The van der Waals surface area contributed by atoms with Gasteiger partial charge >= 0.3 is 6.03 Å². The molecule has 0 saturated carbocycles. The molecule has 2 atom stereocenters. The Morgan fingerprint density at radius 3 is 2.85 bits per heavy atom. The fraction of sp³-hybridized carbons (Fsp3) is 0.333. The Balaban J connectivity index is 1.60. The summed E-state index contributed by atoms with van der Waals surface area (Å²) in [5.74, 6) is -0.0529. The van der Waals surface area contributed by atoms with E-state index in [1.807, 2.05) is 6.07 Å². The molecule has 1 aromatic heterocycles. The average molecular weight is 396 g/mol. The van der Waals surface area contributed by atoms with Crippen LogP contribution in [0.5, 0.6) is 5.88 Å². The van der Waals surface area contributed by atoms with Crippen molar-refractivity contribution in [2.24, 2.45) is 0 Å². The summed E-state index contributed by atoms with van der Waals surface area (Å²) in [7, 11) is 1.58. The molecule has 26 heavy (non-hydrogen) atoms. The van der Waals surface area contributed by atoms with Crippen LogP contribution >= 0.6 is 23.2 Å². The SMILES string of the molecule is COc1ccc2c(n1)CC1CCC2N1C(=O)Nc1cc(Cl)c(Cl)cc1F. The van der Waals surface area contributed by atoms with Crippen LogP contribution < -0.4 is 10.1 Å². The number of carbonyl (C=O) groups is 1. The molecule has 4 rings (SSSR count). The molecule has 0 spiro atoms. The van der Waals surface area contributed by atoms with Crippen molar-refractivity contribution in [3.8, 4) is 5.88 Å². The highest BCUT2D eigenvalue weighted by atomic mass is 35.5. The molecule has 5 nitrogen and oxygen atoms in total. The van der Waals surface area contributed by atoms with Gasteiger partial charge in [-0.05, 0) is 36.6 Å². The molecule has 2 amide bonds. The number of ether oxygens (including phenoxy) is 1. The van der Waals surface area contributed by atoms with E-state index >= 15 is 0 Å². The molecule has 136 valence electrons. The molecular weight excluding hydrogens is 380 g/mol. The van der Waals surface area contributed by atoms with Crippen molar-refractivity contribution in [1.29, 1.82) is 0 Å². The molecule has 2 unspecified atom stereocenters. The third-order valence-electron chi connectivity index (χ3n) is 4.97. The van der Waals surface area contributed by atoms with E-state index in [-0.39, 0.29) is 33.8 Å². The molecule has 1 saturated heterocycles. The first-order valence-electron chi connectivity index (χ1n) is 8.25. The summed E-state index contributed by atoms with van der Waals surface area (Å²) in [6, 6.07) is 5.76. The zero-order chi connectivity index (χ0) is 18.4. The van der Waals surface area contributed by atoms with E-state index in [2.05, 4.69) is 10.3 Å². The van der Waals surface area contributed by atoms with Gasteiger partial charge in [0.1, 0.15) is 5.82 Å². The van der Waals surface area contributed by atoms with E-state index in [1.54, 1.807) is 18.1 Å². The van der Waals surface area contributed by atoms with Gasteiger partial charge in [0.05, 0.1) is 34.6 Å². The van der Waals surface area contributed by atoms with E-state index in [0.717, 1.165) is 30.2 Å². The number of nitrogens with zero attached hydrogens (tertiary/aromatic N) is 2. The zero-order valence-corrected chi connectivity index (χ0v) is 15.4. The minimum absolute atomic E-state index is 0.0162. The quantitative estimate of drug-likeness (QED) is 0.740. The predicted octanol–water partition coefficient (Wildman–Crippen LogP) is 4.83. The van der Waals surface area contributed by atoms with Crippen molar-refractivity contribution in [2.75, 3.05) is 12.4 Å². The molecule has 2 bridgehead atoms. The molecule has 3 heterocycles. The van der Waals surface area contributed by atoms with Gasteiger partial charge in [-0.15, -0.1) is 0 Å². The Labute approximate surface area is 160 Å². The molecule has 0 radical (unpaired) electrons. The van der Waals surface area contributed by atoms with Crippen LogP contribution in [0.2, 0.25) is 10.0 Å². The molecule has 2 aliphatic rings. The first-order chi connectivity index (χ1) is 12.5. The van der Waals surface area contributed by atoms with Crippen molar-refractivity contribution in [3.63, 3.8) is 0 Å². The van der Waals surface area contributed by atoms with Crippen molar-refractivity contribution < 1.29 is 13.9 Å². The highest BCUT2D eigenvalue weighted by molar-refractivity contribution is 6.42. The number of urea groups is 1. The lowest BCUT2D eigenvalue weighted by Gasteiger charge is -2.35. The van der Waals surface area contributed by atoms with Crippen LogP contribution in [0.1, 0.15) is 30.1 Å². The molecule has 2 aliphatic heterocycles. The summed E-state index contributed by atoms with van der Waals surface area (Å²) in [5.41, 5.74) is 1.99. The Kier molecular flexibility index (Phi) is 4.40. The Morgan fingerprint density at radius 2 is 2.08 bits per heavy atom. The van der Waals surface area contributed by atoms with E-state index in [4.69, 9.17) is 27.9 Å². The third kappa shape index (κ3) is 2.87. The third-order valence-corrected chi connectivity index (χ3v) is 5.69. The van der Waals surface area contributed by atoms with Crippen molar-refractivity contribution >= 4 is 34.9 Å². The lowest BCUT2D eigenvalue weighted by atomic mass is 9.98. The Bertz CT molecular complexity index is 893. The fourth-order valence-electron chi connectivity index (χ4n) is 3.79. The molecule has 2 aromatic rings. The molecule has 1 fully saturated rings. The van der Waals surface area contributed by atoms with E-state index < -0.39 is 5.82 Å². The Morgan fingerprint density at radius 1 is 1.31 bits per heavy atom. The minimum atomic E-state index is -0.621. The maximum atomic E-state index is 14.1. The van der Waals surface area contributed by atoms with Crippen molar-refractivity contribution in [3.05, 3.63) is 51.4 Å². The maximum Gasteiger partial charge on any atom is 0.322 e. The topological polar surface area (TPSA) is 54.5 Å². The van der Waals surface area contributed by atoms with Gasteiger partial charge < -0.3 is 15.0 Å². The number of fused-ring (bicyclic) bond motifs is 4. The fourth-order valence-corrected chi connectivity index (χ4v) is 4.10. The van der Waals surface area contributed by atoms with Crippen LogP contribution in [0, 0.1) is 5.82 Å². The number of halogens is 3. The monoisotopic (exact) mass is 395 g/mol. The molecule has 0 aliphatic carbocycles. The van der Waals surface area contributed by atoms with Crippen LogP contribution in [-0.2, 0) is 6.42 Å². The summed E-state index contributed by atoms with van der Waals surface area (Å²) in [5, 5.41) is 2.92. The van der Waals surface area contributed by atoms with Gasteiger partial charge in [-0.2, -0.15) is 0 Å². The van der Waals surface area contributed by atoms with Crippen molar-refractivity contribution in [2.45, 2.75) is 31.3 Å². The van der Waals surface area contributed by atoms with Gasteiger partial charge in [0, 0.05) is 18.5 Å². The summed E-state index contributed by atoms with van der Waals surface area (Å²) in [4.78, 5) is 19.1. The largest absolute Gasteiger partial charge is 0.481 e. The first kappa shape index (κ1) is 17.4. The van der Waals surface area contributed by atoms with Gasteiger partial charge in [0.25, 0.3) is 0 Å². The van der Waals surface area contributed by atoms with Crippen LogP contribution in [0.15, 0.2) is 24.3 Å². The summed E-state index contributed by atoms with van der Waals surface area (Å²) in [6.07, 6.45) is 2.38. The second kappa shape index (κ2) is 6.59. The van der Waals surface area contributed by atoms with Crippen LogP contribution in [0.25, 0.3) is 0 Å². The smallest absolute Gasteiger partial charge is 0.322 e. The lowest BCUT2D eigenvalue weighted by Crippen LogP contribution is -2.44. The number of carbonyl (C=O) groups excluding carboxylic acids is 1. The second-order valence-corrected chi connectivity index (χ2v) is 7.24. The van der Waals surface area contributed by atoms with Gasteiger partial charge in [0.15, 0.2) is 0 Å². The maximum absolute atomic E-state index is 14.1. The number of anilines is 1. The normalized spacial score (nSPS) is 20.7. The molecule has 8 heteroatoms. The van der Waals surface area contributed by atoms with E-state index in [1.165, 1.54) is 6.07 Å². The molecule has 1 N–H and O–H groups in total. The number of hydrogen-bond donors (Lipinski definition) is 1. The Hall–Kier alpha value is -2.05. The van der Waals surface area contributed by atoms with Crippen molar-refractivity contribution in [1.82, 2.24) is 9.88 Å². The zero-order valence-electron chi connectivity index (χ0n) is 13.9. The number of amides is 2. The van der Waals surface area contributed by atoms with Gasteiger partial charge in [-0.3, -0.25) is 0 Å². The number of nitrogens with one attached hydrogen (secondary N) is 1. The highest BCUT2D eigenvalue weighted by Gasteiger charge is 2.43.